The van der Waals surface area contributed by atoms with E-state index in [9.17, 15) is 4.79 Å². The molecule has 0 aromatic heterocycles. The average molecular weight is 240 g/mol. The van der Waals surface area contributed by atoms with Crippen molar-refractivity contribution in [3.05, 3.63) is 35.9 Å². The molecule has 3 nitrogen and oxygen atoms in total. The van der Waals surface area contributed by atoms with Crippen molar-refractivity contribution in [1.29, 1.82) is 0 Å². The Labute approximate surface area is 99.8 Å². The van der Waals surface area contributed by atoms with E-state index in [1.54, 1.807) is 0 Å². The summed E-state index contributed by atoms with van der Waals surface area (Å²) in [7, 11) is 0. The zero-order valence-corrected chi connectivity index (χ0v) is 10.0. The molecule has 0 aliphatic heterocycles. The standard InChI is InChI=1S/C10H12N2OS2/c1-8(13)12(10(14)15)11-7-9-5-3-2-4-6-9/h2-6,11H,7H2,1H3,(H,14,15). The Morgan fingerprint density at radius 3 is 2.53 bits per heavy atom. The van der Waals surface area contributed by atoms with Crippen LogP contribution in [0.4, 0.5) is 0 Å². The second-order valence-corrected chi connectivity index (χ2v) is 4.07. The highest BCUT2D eigenvalue weighted by atomic mass is 32.1. The van der Waals surface area contributed by atoms with Crippen LogP contribution < -0.4 is 5.43 Å². The van der Waals surface area contributed by atoms with Gasteiger partial charge < -0.3 is 0 Å². The normalized spacial score (nSPS) is 9.73. The molecule has 0 saturated heterocycles. The fourth-order valence-corrected chi connectivity index (χ4v) is 1.48. The van der Waals surface area contributed by atoms with Crippen LogP contribution in [0.25, 0.3) is 0 Å². The van der Waals surface area contributed by atoms with Crippen molar-refractivity contribution < 1.29 is 4.79 Å². The molecule has 0 fully saturated rings. The number of nitrogens with one attached hydrogen (secondary N) is 1. The van der Waals surface area contributed by atoms with E-state index in [4.69, 9.17) is 12.2 Å². The molecule has 0 aliphatic carbocycles. The molecule has 0 radical (unpaired) electrons. The van der Waals surface area contributed by atoms with Crippen LogP contribution in [0.1, 0.15) is 12.5 Å². The Morgan fingerprint density at radius 2 is 2.07 bits per heavy atom. The van der Waals surface area contributed by atoms with E-state index in [1.807, 2.05) is 30.3 Å². The summed E-state index contributed by atoms with van der Waals surface area (Å²) in [6.07, 6.45) is 0. The summed E-state index contributed by atoms with van der Waals surface area (Å²) >= 11 is 8.77. The molecule has 80 valence electrons. The molecule has 0 heterocycles. The second-order valence-electron chi connectivity index (χ2n) is 2.96. The first-order valence-corrected chi connectivity index (χ1v) is 5.28. The highest BCUT2D eigenvalue weighted by Gasteiger charge is 2.10. The van der Waals surface area contributed by atoms with E-state index in [1.165, 1.54) is 11.9 Å². The number of carbonyl (C=O) groups is 1. The number of benzene rings is 1. The van der Waals surface area contributed by atoms with E-state index >= 15 is 0 Å². The Hall–Kier alpha value is -0.910. The average Bonchev–Trinajstić information content (AvgIpc) is 2.18. The second kappa shape index (κ2) is 5.85. The molecule has 0 saturated carbocycles. The van der Waals surface area contributed by atoms with Gasteiger partial charge in [-0.25, -0.2) is 10.4 Å². The van der Waals surface area contributed by atoms with E-state index < -0.39 is 0 Å². The molecule has 1 rings (SSSR count). The van der Waals surface area contributed by atoms with Gasteiger partial charge >= 0.3 is 0 Å². The van der Waals surface area contributed by atoms with Crippen molar-refractivity contribution in [3.63, 3.8) is 0 Å². The first-order chi connectivity index (χ1) is 7.11. The highest BCUT2D eigenvalue weighted by Crippen LogP contribution is 2.00. The van der Waals surface area contributed by atoms with Crippen LogP contribution in [0, 0.1) is 0 Å². The summed E-state index contributed by atoms with van der Waals surface area (Å²) in [5.74, 6) is -0.175. The van der Waals surface area contributed by atoms with Gasteiger partial charge in [0.2, 0.25) is 5.91 Å². The van der Waals surface area contributed by atoms with Gasteiger partial charge in [-0.05, 0) is 5.56 Å². The lowest BCUT2D eigenvalue weighted by Crippen LogP contribution is -2.42. The van der Waals surface area contributed by atoms with Crippen molar-refractivity contribution in [2.75, 3.05) is 0 Å². The van der Waals surface area contributed by atoms with Crippen molar-refractivity contribution >= 4 is 35.1 Å². The molecule has 1 N–H and O–H groups in total. The van der Waals surface area contributed by atoms with Gasteiger partial charge in [0, 0.05) is 13.5 Å². The number of rotatable bonds is 3. The third-order valence-electron chi connectivity index (χ3n) is 1.79. The third kappa shape index (κ3) is 3.99. The number of nitrogens with zero attached hydrogens (tertiary/aromatic N) is 1. The minimum absolute atomic E-state index is 0.175. The molecule has 1 aromatic rings. The molecule has 0 bridgehead atoms. The molecule has 0 atom stereocenters. The number of hydrogen-bond acceptors (Lipinski definition) is 3. The van der Waals surface area contributed by atoms with Crippen molar-refractivity contribution in [2.45, 2.75) is 13.5 Å². The minimum Gasteiger partial charge on any atom is -0.273 e. The van der Waals surface area contributed by atoms with Crippen LogP contribution in [-0.4, -0.2) is 15.2 Å². The molecule has 15 heavy (non-hydrogen) atoms. The van der Waals surface area contributed by atoms with E-state index in [0.29, 0.717) is 6.54 Å². The highest BCUT2D eigenvalue weighted by molar-refractivity contribution is 8.11. The fraction of sp³-hybridized carbons (Fsp3) is 0.200. The number of hydrogen-bond donors (Lipinski definition) is 2. The van der Waals surface area contributed by atoms with Crippen molar-refractivity contribution in [2.24, 2.45) is 0 Å². The maximum Gasteiger partial charge on any atom is 0.239 e. The summed E-state index contributed by atoms with van der Waals surface area (Å²) in [5, 5.41) is 1.24. The van der Waals surface area contributed by atoms with Crippen LogP contribution >= 0.6 is 24.8 Å². The Morgan fingerprint density at radius 1 is 1.47 bits per heavy atom. The van der Waals surface area contributed by atoms with E-state index in [-0.39, 0.29) is 10.2 Å². The zero-order valence-electron chi connectivity index (χ0n) is 8.30. The topological polar surface area (TPSA) is 32.3 Å². The van der Waals surface area contributed by atoms with Gasteiger partial charge in [0.15, 0.2) is 4.32 Å². The predicted molar refractivity (Wildman–Crippen MR) is 67.4 cm³/mol. The lowest BCUT2D eigenvalue weighted by atomic mass is 10.2. The zero-order chi connectivity index (χ0) is 11.3. The molecule has 0 spiro atoms. The number of thiocarbonyl (C=S) groups is 1. The Kier molecular flexibility index (Phi) is 4.74. The number of carbonyl (C=O) groups excluding carboxylic acids is 1. The van der Waals surface area contributed by atoms with Crippen molar-refractivity contribution in [3.8, 4) is 0 Å². The van der Waals surface area contributed by atoms with Crippen LogP contribution in [0.2, 0.25) is 0 Å². The van der Waals surface area contributed by atoms with Gasteiger partial charge in [-0.2, -0.15) is 0 Å². The summed E-state index contributed by atoms with van der Waals surface area (Å²) in [5.41, 5.74) is 3.98. The monoisotopic (exact) mass is 240 g/mol. The first kappa shape index (κ1) is 12.2. The number of thiol groups is 1. The third-order valence-corrected chi connectivity index (χ3v) is 2.17. The summed E-state index contributed by atoms with van der Waals surface area (Å²) < 4.78 is 0.221. The summed E-state index contributed by atoms with van der Waals surface area (Å²) in [4.78, 5) is 11.1. The summed E-state index contributed by atoms with van der Waals surface area (Å²) in [6.45, 7) is 1.97. The lowest BCUT2D eigenvalue weighted by molar-refractivity contribution is -0.127. The van der Waals surface area contributed by atoms with Crippen LogP contribution in [-0.2, 0) is 11.3 Å². The lowest BCUT2D eigenvalue weighted by Gasteiger charge is -2.19. The molecular weight excluding hydrogens is 228 g/mol. The fourth-order valence-electron chi connectivity index (χ4n) is 1.08. The van der Waals surface area contributed by atoms with Crippen LogP contribution in [0.3, 0.4) is 0 Å². The Bertz CT molecular complexity index is 340. The van der Waals surface area contributed by atoms with Gasteiger partial charge in [0.05, 0.1) is 0 Å². The number of hydrazine groups is 1. The smallest absolute Gasteiger partial charge is 0.239 e. The van der Waals surface area contributed by atoms with Gasteiger partial charge in [-0.3, -0.25) is 4.79 Å². The largest absolute Gasteiger partial charge is 0.273 e. The quantitative estimate of drug-likeness (QED) is 0.480. The molecule has 1 aromatic carbocycles. The maximum absolute atomic E-state index is 11.1. The van der Waals surface area contributed by atoms with Crippen LogP contribution in [0.5, 0.6) is 0 Å². The summed E-state index contributed by atoms with van der Waals surface area (Å²) in [6, 6.07) is 9.75. The molecule has 0 aliphatic rings. The van der Waals surface area contributed by atoms with Gasteiger partial charge in [-0.15, -0.1) is 12.6 Å². The predicted octanol–water partition coefficient (Wildman–Crippen LogP) is 1.75. The van der Waals surface area contributed by atoms with Gasteiger partial charge in [-0.1, -0.05) is 42.5 Å². The minimum atomic E-state index is -0.175. The molecule has 1 amide bonds. The first-order valence-electron chi connectivity index (χ1n) is 4.42. The Balaban J connectivity index is 2.55. The molecule has 5 heteroatoms. The van der Waals surface area contributed by atoms with Gasteiger partial charge in [0.1, 0.15) is 0 Å². The van der Waals surface area contributed by atoms with Crippen molar-refractivity contribution in [1.82, 2.24) is 10.4 Å². The molecule has 0 unspecified atom stereocenters. The van der Waals surface area contributed by atoms with E-state index in [2.05, 4.69) is 18.1 Å². The van der Waals surface area contributed by atoms with E-state index in [0.717, 1.165) is 5.56 Å². The number of amides is 1. The molecular formula is C10H12N2OS2. The maximum atomic E-state index is 11.1. The SMILES string of the molecule is CC(=O)N(NCc1ccccc1)C(=S)S. The van der Waals surface area contributed by atoms with Crippen LogP contribution in [0.15, 0.2) is 30.3 Å². The van der Waals surface area contributed by atoms with Gasteiger partial charge in [0.25, 0.3) is 0 Å².